The molecule has 1 heterocycles. The number of fused-ring (bicyclic) bond motifs is 1. The molecular formula is C17H25FN2. The molecule has 0 aliphatic rings. The number of hydrogen-bond acceptors (Lipinski definition) is 1. The molecule has 2 rings (SSSR count). The number of aromatic nitrogens is 1. The van der Waals surface area contributed by atoms with Crippen molar-refractivity contribution in [3.05, 3.63) is 35.3 Å². The lowest BCUT2D eigenvalue weighted by Gasteiger charge is -2.20. The van der Waals surface area contributed by atoms with E-state index in [0.29, 0.717) is 5.52 Å². The second-order valence-corrected chi connectivity index (χ2v) is 5.57. The van der Waals surface area contributed by atoms with E-state index in [4.69, 9.17) is 0 Å². The van der Waals surface area contributed by atoms with Crippen LogP contribution in [0.4, 0.5) is 4.39 Å². The second kappa shape index (κ2) is 6.89. The number of benzene rings is 1. The Kier molecular flexibility index (Phi) is 5.18. The number of halogens is 1. The smallest absolute Gasteiger partial charge is 0.147 e. The molecule has 1 aromatic carbocycles. The van der Waals surface area contributed by atoms with Crippen molar-refractivity contribution in [3.8, 4) is 0 Å². The molecule has 0 amide bonds. The average Bonchev–Trinajstić information content (AvgIpc) is 2.80. The van der Waals surface area contributed by atoms with Gasteiger partial charge in [-0.2, -0.15) is 0 Å². The molecule has 0 saturated carbocycles. The van der Waals surface area contributed by atoms with Crippen LogP contribution in [0.3, 0.4) is 0 Å². The minimum Gasteiger partial charge on any atom is -0.359 e. The van der Waals surface area contributed by atoms with Gasteiger partial charge in [0.1, 0.15) is 5.82 Å². The first-order valence-corrected chi connectivity index (χ1v) is 7.64. The molecule has 1 N–H and O–H groups in total. The highest BCUT2D eigenvalue weighted by atomic mass is 19.1. The lowest BCUT2D eigenvalue weighted by Crippen LogP contribution is -2.27. The highest BCUT2D eigenvalue weighted by Gasteiger charge is 2.10. The summed E-state index contributed by atoms with van der Waals surface area (Å²) >= 11 is 0. The van der Waals surface area contributed by atoms with Crippen molar-refractivity contribution in [2.75, 3.05) is 19.6 Å². The fourth-order valence-corrected chi connectivity index (χ4v) is 2.83. The van der Waals surface area contributed by atoms with Gasteiger partial charge in [-0.15, -0.1) is 0 Å². The number of nitrogens with one attached hydrogen (secondary N) is 1. The number of nitrogens with zero attached hydrogens (tertiary/aromatic N) is 1. The molecule has 0 spiro atoms. The molecule has 0 aliphatic carbocycles. The minimum absolute atomic E-state index is 0.148. The minimum atomic E-state index is -0.148. The molecule has 2 nitrogen and oxygen atoms in total. The Labute approximate surface area is 121 Å². The molecule has 110 valence electrons. The first-order valence-electron chi connectivity index (χ1n) is 7.64. The van der Waals surface area contributed by atoms with Crippen molar-refractivity contribution >= 4 is 10.9 Å². The maximum absolute atomic E-state index is 13.9. The Morgan fingerprint density at radius 3 is 2.45 bits per heavy atom. The van der Waals surface area contributed by atoms with E-state index in [9.17, 15) is 4.39 Å². The first-order chi connectivity index (χ1) is 9.65. The van der Waals surface area contributed by atoms with Gasteiger partial charge < -0.3 is 9.88 Å². The molecule has 0 aliphatic heterocycles. The molecule has 1 aromatic heterocycles. The topological polar surface area (TPSA) is 19.0 Å². The van der Waals surface area contributed by atoms with Crippen LogP contribution in [0.25, 0.3) is 10.9 Å². The fourth-order valence-electron chi connectivity index (χ4n) is 2.83. The first kappa shape index (κ1) is 15.0. The summed E-state index contributed by atoms with van der Waals surface area (Å²) in [6.45, 7) is 9.71. The molecule has 0 radical (unpaired) electrons. The van der Waals surface area contributed by atoms with Gasteiger partial charge in [0.15, 0.2) is 0 Å². The maximum atomic E-state index is 13.9. The molecule has 0 saturated heterocycles. The van der Waals surface area contributed by atoms with Crippen molar-refractivity contribution in [1.29, 1.82) is 0 Å². The van der Waals surface area contributed by atoms with Crippen molar-refractivity contribution in [1.82, 2.24) is 9.88 Å². The van der Waals surface area contributed by atoms with E-state index in [2.05, 4.69) is 29.8 Å². The van der Waals surface area contributed by atoms with Gasteiger partial charge in [-0.1, -0.05) is 13.8 Å². The zero-order valence-corrected chi connectivity index (χ0v) is 12.8. The Bertz CT molecular complexity index is 553. The van der Waals surface area contributed by atoms with Crippen molar-refractivity contribution in [3.63, 3.8) is 0 Å². The number of rotatable bonds is 7. The molecular weight excluding hydrogens is 251 g/mol. The van der Waals surface area contributed by atoms with E-state index in [-0.39, 0.29) is 5.82 Å². The predicted molar refractivity (Wildman–Crippen MR) is 83.7 cm³/mol. The lowest BCUT2D eigenvalue weighted by atomic mass is 10.1. The number of hydrogen-bond donors (Lipinski definition) is 1. The normalized spacial score (nSPS) is 11.7. The van der Waals surface area contributed by atoms with E-state index < -0.39 is 0 Å². The second-order valence-electron chi connectivity index (χ2n) is 5.57. The van der Waals surface area contributed by atoms with Crippen LogP contribution in [0.15, 0.2) is 18.3 Å². The van der Waals surface area contributed by atoms with Gasteiger partial charge in [-0.25, -0.2) is 4.39 Å². The van der Waals surface area contributed by atoms with Gasteiger partial charge in [-0.05, 0) is 62.5 Å². The van der Waals surface area contributed by atoms with Gasteiger partial charge >= 0.3 is 0 Å². The van der Waals surface area contributed by atoms with Crippen LogP contribution in [0, 0.1) is 12.7 Å². The standard InChI is InChI=1S/C17H25FN2/c1-4-7-20(8-5-2)9-6-14-12-19-17-15(14)10-13(3)11-16(17)18/h10-12,19H,4-9H2,1-3H3. The number of aryl methyl sites for hydroxylation is 1. The van der Waals surface area contributed by atoms with Gasteiger partial charge in [-0.3, -0.25) is 0 Å². The number of aromatic amines is 1. The summed E-state index contributed by atoms with van der Waals surface area (Å²) in [5.74, 6) is -0.148. The summed E-state index contributed by atoms with van der Waals surface area (Å²) in [5.41, 5.74) is 2.85. The zero-order chi connectivity index (χ0) is 14.5. The largest absolute Gasteiger partial charge is 0.359 e. The molecule has 3 heteroatoms. The molecule has 0 fully saturated rings. The Balaban J connectivity index is 2.13. The zero-order valence-electron chi connectivity index (χ0n) is 12.8. The summed E-state index contributed by atoms with van der Waals surface area (Å²) in [4.78, 5) is 5.57. The molecule has 2 aromatic rings. The summed E-state index contributed by atoms with van der Waals surface area (Å²) in [5, 5.41) is 1.04. The summed E-state index contributed by atoms with van der Waals surface area (Å²) in [6, 6.07) is 3.66. The quantitative estimate of drug-likeness (QED) is 0.799. The highest BCUT2D eigenvalue weighted by molar-refractivity contribution is 5.84. The Hall–Kier alpha value is -1.35. The summed E-state index contributed by atoms with van der Waals surface area (Å²) in [6.07, 6.45) is 5.30. The third kappa shape index (κ3) is 3.40. The molecule has 20 heavy (non-hydrogen) atoms. The van der Waals surface area contributed by atoms with E-state index >= 15 is 0 Å². The third-order valence-electron chi connectivity index (χ3n) is 3.75. The van der Waals surface area contributed by atoms with Crippen molar-refractivity contribution in [2.45, 2.75) is 40.0 Å². The highest BCUT2D eigenvalue weighted by Crippen LogP contribution is 2.23. The van der Waals surface area contributed by atoms with Gasteiger partial charge in [0.2, 0.25) is 0 Å². The Morgan fingerprint density at radius 1 is 1.10 bits per heavy atom. The van der Waals surface area contributed by atoms with Crippen LogP contribution < -0.4 is 0 Å². The summed E-state index contributed by atoms with van der Waals surface area (Å²) < 4.78 is 13.9. The third-order valence-corrected chi connectivity index (χ3v) is 3.75. The SMILES string of the molecule is CCCN(CCC)CCc1c[nH]c2c(F)cc(C)cc12. The van der Waals surface area contributed by atoms with Crippen LogP contribution in [-0.4, -0.2) is 29.5 Å². The van der Waals surface area contributed by atoms with E-state index in [1.165, 1.54) is 18.4 Å². The van der Waals surface area contributed by atoms with Crippen LogP contribution >= 0.6 is 0 Å². The molecule has 0 unspecified atom stereocenters. The number of H-pyrrole nitrogens is 1. The molecule has 0 atom stereocenters. The average molecular weight is 276 g/mol. The van der Waals surface area contributed by atoms with Crippen LogP contribution in [0.2, 0.25) is 0 Å². The fraction of sp³-hybridized carbons (Fsp3) is 0.529. The lowest BCUT2D eigenvalue weighted by molar-refractivity contribution is 0.278. The van der Waals surface area contributed by atoms with Crippen LogP contribution in [0.5, 0.6) is 0 Å². The van der Waals surface area contributed by atoms with Crippen LogP contribution in [0.1, 0.15) is 37.8 Å². The van der Waals surface area contributed by atoms with Gasteiger partial charge in [0, 0.05) is 18.1 Å². The van der Waals surface area contributed by atoms with E-state index in [1.54, 1.807) is 6.07 Å². The van der Waals surface area contributed by atoms with Gasteiger partial charge in [0.25, 0.3) is 0 Å². The summed E-state index contributed by atoms with van der Waals surface area (Å²) in [7, 11) is 0. The van der Waals surface area contributed by atoms with Gasteiger partial charge in [0.05, 0.1) is 5.52 Å². The monoisotopic (exact) mass is 276 g/mol. The molecule has 0 bridgehead atoms. The predicted octanol–water partition coefficient (Wildman–Crippen LogP) is 4.28. The maximum Gasteiger partial charge on any atom is 0.147 e. The Morgan fingerprint density at radius 2 is 1.80 bits per heavy atom. The van der Waals surface area contributed by atoms with Crippen molar-refractivity contribution < 1.29 is 4.39 Å². The van der Waals surface area contributed by atoms with Crippen molar-refractivity contribution in [2.24, 2.45) is 0 Å². The van der Waals surface area contributed by atoms with Crippen LogP contribution in [-0.2, 0) is 6.42 Å². The van der Waals surface area contributed by atoms with E-state index in [0.717, 1.165) is 37.0 Å². The van der Waals surface area contributed by atoms with E-state index in [1.807, 2.05) is 13.1 Å².